The Kier molecular flexibility index (Phi) is 3.43. The van der Waals surface area contributed by atoms with Crippen LogP contribution in [-0.4, -0.2) is 75.4 Å². The van der Waals surface area contributed by atoms with Crippen molar-refractivity contribution in [2.45, 2.75) is 0 Å². The molecule has 4 nitrogen and oxygen atoms in total. The van der Waals surface area contributed by atoms with Gasteiger partial charge >= 0.3 is 0 Å². The van der Waals surface area contributed by atoms with Gasteiger partial charge in [0.2, 0.25) is 0 Å². The van der Waals surface area contributed by atoms with Crippen molar-refractivity contribution in [3.8, 4) is 0 Å². The van der Waals surface area contributed by atoms with Gasteiger partial charge in [-0.2, -0.15) is 0 Å². The molecule has 0 aliphatic carbocycles. The minimum Gasteiger partial charge on any atom is -0.379 e. The summed E-state index contributed by atoms with van der Waals surface area (Å²) in [5, 5.41) is 3.50. The van der Waals surface area contributed by atoms with Crippen molar-refractivity contribution < 1.29 is 4.74 Å². The van der Waals surface area contributed by atoms with Crippen LogP contribution in [0.1, 0.15) is 0 Å². The molecule has 0 saturated carbocycles. The van der Waals surface area contributed by atoms with E-state index >= 15 is 0 Å². The summed E-state index contributed by atoms with van der Waals surface area (Å²) in [6, 6.07) is 0. The molecule has 3 aliphatic heterocycles. The topological polar surface area (TPSA) is 27.7 Å². The predicted octanol–water partition coefficient (Wildman–Crippen LogP) is -0.530. The minimum atomic E-state index is 0.926. The average Bonchev–Trinajstić information content (AvgIpc) is 2.88. The van der Waals surface area contributed by atoms with Crippen LogP contribution in [0.4, 0.5) is 0 Å². The van der Waals surface area contributed by atoms with Crippen LogP contribution in [0.5, 0.6) is 0 Å². The number of ether oxygens (including phenoxy) is 1. The number of nitrogens with zero attached hydrogens (tertiary/aromatic N) is 2. The molecule has 2 atom stereocenters. The lowest BCUT2D eigenvalue weighted by molar-refractivity contribution is 0.0341. The molecular weight excluding hydrogens is 202 g/mol. The SMILES string of the molecule is C1CN(CCN2CC3CNCC3C2)CCO1. The van der Waals surface area contributed by atoms with Gasteiger partial charge < -0.3 is 15.0 Å². The van der Waals surface area contributed by atoms with E-state index in [-0.39, 0.29) is 0 Å². The summed E-state index contributed by atoms with van der Waals surface area (Å²) in [4.78, 5) is 5.20. The zero-order valence-electron chi connectivity index (χ0n) is 10.0. The molecule has 0 spiro atoms. The normalized spacial score (nSPS) is 36.8. The number of nitrogens with one attached hydrogen (secondary N) is 1. The molecule has 2 unspecified atom stereocenters. The molecule has 16 heavy (non-hydrogen) atoms. The van der Waals surface area contributed by atoms with E-state index in [0.717, 1.165) is 38.1 Å². The second kappa shape index (κ2) is 5.00. The van der Waals surface area contributed by atoms with Gasteiger partial charge in [-0.05, 0) is 24.9 Å². The third-order valence-electron chi connectivity index (χ3n) is 4.30. The summed E-state index contributed by atoms with van der Waals surface area (Å²) in [5.41, 5.74) is 0. The molecule has 0 aromatic carbocycles. The standard InChI is InChI=1S/C12H23N3O/c1(14-3-5-16-6-4-14)2-15-9-11-7-13-8-12(11)10-15/h11-13H,1-10H2. The molecule has 0 radical (unpaired) electrons. The number of hydrogen-bond acceptors (Lipinski definition) is 4. The molecule has 3 aliphatic rings. The van der Waals surface area contributed by atoms with E-state index in [0.29, 0.717) is 0 Å². The van der Waals surface area contributed by atoms with E-state index < -0.39 is 0 Å². The van der Waals surface area contributed by atoms with E-state index in [1.54, 1.807) is 0 Å². The zero-order chi connectivity index (χ0) is 10.8. The van der Waals surface area contributed by atoms with Crippen molar-refractivity contribution in [1.82, 2.24) is 15.1 Å². The summed E-state index contributed by atoms with van der Waals surface area (Å²) in [6.45, 7) is 11.7. The van der Waals surface area contributed by atoms with Crippen LogP contribution in [0.25, 0.3) is 0 Å². The van der Waals surface area contributed by atoms with E-state index in [4.69, 9.17) is 4.74 Å². The lowest BCUT2D eigenvalue weighted by Crippen LogP contribution is -2.41. The highest BCUT2D eigenvalue weighted by Crippen LogP contribution is 2.25. The summed E-state index contributed by atoms with van der Waals surface area (Å²) in [5.74, 6) is 1.87. The van der Waals surface area contributed by atoms with Crippen LogP contribution >= 0.6 is 0 Å². The van der Waals surface area contributed by atoms with E-state index in [2.05, 4.69) is 15.1 Å². The van der Waals surface area contributed by atoms with Crippen LogP contribution in [-0.2, 0) is 4.74 Å². The van der Waals surface area contributed by atoms with Gasteiger partial charge in [-0.1, -0.05) is 0 Å². The number of rotatable bonds is 3. The first kappa shape index (κ1) is 11.0. The Bertz CT molecular complexity index is 218. The number of hydrogen-bond donors (Lipinski definition) is 1. The first-order chi connectivity index (χ1) is 7.92. The van der Waals surface area contributed by atoms with Crippen LogP contribution in [0.15, 0.2) is 0 Å². The maximum atomic E-state index is 5.37. The summed E-state index contributed by atoms with van der Waals surface area (Å²) < 4.78 is 5.37. The molecule has 3 heterocycles. The summed E-state index contributed by atoms with van der Waals surface area (Å²) in [6.07, 6.45) is 0. The lowest BCUT2D eigenvalue weighted by atomic mass is 10.0. The summed E-state index contributed by atoms with van der Waals surface area (Å²) in [7, 11) is 0. The molecule has 3 fully saturated rings. The van der Waals surface area contributed by atoms with Gasteiger partial charge in [-0.15, -0.1) is 0 Å². The third-order valence-corrected chi connectivity index (χ3v) is 4.30. The maximum absolute atomic E-state index is 5.37. The van der Waals surface area contributed by atoms with Gasteiger partial charge in [-0.25, -0.2) is 0 Å². The molecule has 0 aromatic rings. The highest BCUT2D eigenvalue weighted by molar-refractivity contribution is 4.91. The highest BCUT2D eigenvalue weighted by Gasteiger charge is 2.35. The van der Waals surface area contributed by atoms with Gasteiger partial charge in [0.15, 0.2) is 0 Å². The zero-order valence-corrected chi connectivity index (χ0v) is 10.0. The van der Waals surface area contributed by atoms with Crippen molar-refractivity contribution in [2.75, 3.05) is 65.6 Å². The molecule has 92 valence electrons. The second-order valence-corrected chi connectivity index (χ2v) is 5.39. The fourth-order valence-electron chi connectivity index (χ4n) is 3.24. The van der Waals surface area contributed by atoms with Gasteiger partial charge in [0.1, 0.15) is 0 Å². The van der Waals surface area contributed by atoms with Crippen molar-refractivity contribution in [2.24, 2.45) is 11.8 Å². The monoisotopic (exact) mass is 225 g/mol. The number of likely N-dealkylation sites (tertiary alicyclic amines) is 1. The van der Waals surface area contributed by atoms with Crippen LogP contribution in [0.3, 0.4) is 0 Å². The molecule has 0 aromatic heterocycles. The lowest BCUT2D eigenvalue weighted by Gasteiger charge is -2.28. The Morgan fingerprint density at radius 2 is 1.56 bits per heavy atom. The van der Waals surface area contributed by atoms with Crippen molar-refractivity contribution in [3.63, 3.8) is 0 Å². The van der Waals surface area contributed by atoms with Crippen LogP contribution < -0.4 is 5.32 Å². The quantitative estimate of drug-likeness (QED) is 0.699. The van der Waals surface area contributed by atoms with Crippen LogP contribution in [0.2, 0.25) is 0 Å². The highest BCUT2D eigenvalue weighted by atomic mass is 16.5. The third kappa shape index (κ3) is 2.40. The fourth-order valence-corrected chi connectivity index (χ4v) is 3.24. The number of morpholine rings is 1. The Morgan fingerprint density at radius 3 is 2.25 bits per heavy atom. The van der Waals surface area contributed by atoms with Gasteiger partial charge in [0.05, 0.1) is 13.2 Å². The van der Waals surface area contributed by atoms with E-state index in [9.17, 15) is 0 Å². The first-order valence-electron chi connectivity index (χ1n) is 6.65. The molecule has 0 bridgehead atoms. The fraction of sp³-hybridized carbons (Fsp3) is 1.00. The van der Waals surface area contributed by atoms with Crippen molar-refractivity contribution in [1.29, 1.82) is 0 Å². The largest absolute Gasteiger partial charge is 0.379 e. The molecule has 3 saturated heterocycles. The smallest absolute Gasteiger partial charge is 0.0594 e. The molecule has 3 rings (SSSR count). The van der Waals surface area contributed by atoms with Crippen molar-refractivity contribution >= 4 is 0 Å². The molecule has 0 amide bonds. The Morgan fingerprint density at radius 1 is 0.938 bits per heavy atom. The van der Waals surface area contributed by atoms with Crippen molar-refractivity contribution in [3.05, 3.63) is 0 Å². The Balaban J connectivity index is 1.39. The molecule has 4 heteroatoms. The average molecular weight is 225 g/mol. The second-order valence-electron chi connectivity index (χ2n) is 5.39. The van der Waals surface area contributed by atoms with Crippen LogP contribution in [0, 0.1) is 11.8 Å². The van der Waals surface area contributed by atoms with Gasteiger partial charge in [0, 0.05) is 39.3 Å². The predicted molar refractivity (Wildman–Crippen MR) is 63.5 cm³/mol. The van der Waals surface area contributed by atoms with E-state index in [1.807, 2.05) is 0 Å². The Labute approximate surface area is 97.9 Å². The Hall–Kier alpha value is -0.160. The van der Waals surface area contributed by atoms with E-state index in [1.165, 1.54) is 39.3 Å². The van der Waals surface area contributed by atoms with Gasteiger partial charge in [-0.3, -0.25) is 4.90 Å². The summed E-state index contributed by atoms with van der Waals surface area (Å²) >= 11 is 0. The van der Waals surface area contributed by atoms with Gasteiger partial charge in [0.25, 0.3) is 0 Å². The molecular formula is C12H23N3O. The number of fused-ring (bicyclic) bond motifs is 1. The maximum Gasteiger partial charge on any atom is 0.0594 e. The minimum absolute atomic E-state index is 0.926. The molecule has 1 N–H and O–H groups in total. The first-order valence-corrected chi connectivity index (χ1v) is 6.65.